The molecule has 6 heteroatoms. The van der Waals surface area contributed by atoms with Crippen LogP contribution in [0.25, 0.3) is 0 Å². The lowest BCUT2D eigenvalue weighted by molar-refractivity contribution is -0.151. The van der Waals surface area contributed by atoms with Crippen molar-refractivity contribution in [2.45, 2.75) is 6.92 Å². The van der Waals surface area contributed by atoms with Gasteiger partial charge in [0.2, 0.25) is 0 Å². The molecule has 0 atom stereocenters. The van der Waals surface area contributed by atoms with E-state index in [1.165, 1.54) is 7.11 Å². The highest BCUT2D eigenvalue weighted by molar-refractivity contribution is 5.75. The number of para-hydroxylation sites is 2. The molecule has 1 rings (SSSR count). The Morgan fingerprint density at radius 1 is 1.05 bits per heavy atom. The van der Waals surface area contributed by atoms with E-state index in [9.17, 15) is 9.59 Å². The van der Waals surface area contributed by atoms with Crippen molar-refractivity contribution in [3.63, 3.8) is 0 Å². The highest BCUT2D eigenvalue weighted by Crippen LogP contribution is 2.25. The molecule has 0 fully saturated rings. The zero-order chi connectivity index (χ0) is 14.1. The maximum Gasteiger partial charge on any atom is 0.337 e. The molecule has 0 amide bonds. The third kappa shape index (κ3) is 5.39. The predicted molar refractivity (Wildman–Crippen MR) is 66.1 cm³/mol. The van der Waals surface area contributed by atoms with Crippen LogP contribution in [0.1, 0.15) is 6.92 Å². The molecule has 0 aliphatic heterocycles. The van der Waals surface area contributed by atoms with Gasteiger partial charge in [-0.3, -0.25) is 0 Å². The van der Waals surface area contributed by atoms with Crippen molar-refractivity contribution in [2.24, 2.45) is 0 Å². The van der Waals surface area contributed by atoms with Gasteiger partial charge >= 0.3 is 11.9 Å². The standard InChI is InChI=1S/C13H16O6/c1-3-18-12(14)8-17-9-13(15)19-11-7-5-4-6-10(11)16-2/h4-7H,3,8-9H2,1-2H3. The Labute approximate surface area is 111 Å². The lowest BCUT2D eigenvalue weighted by Gasteiger charge is -2.08. The summed E-state index contributed by atoms with van der Waals surface area (Å²) < 4.78 is 19.6. The van der Waals surface area contributed by atoms with Crippen LogP contribution in [0.4, 0.5) is 0 Å². The Bertz CT molecular complexity index is 429. The Morgan fingerprint density at radius 3 is 2.32 bits per heavy atom. The molecule has 1 aromatic carbocycles. The first-order valence-corrected chi connectivity index (χ1v) is 5.74. The minimum atomic E-state index is -0.617. The van der Waals surface area contributed by atoms with Gasteiger partial charge in [-0.05, 0) is 19.1 Å². The topological polar surface area (TPSA) is 71.1 Å². The second-order valence-corrected chi connectivity index (χ2v) is 3.42. The highest BCUT2D eigenvalue weighted by atomic mass is 16.6. The van der Waals surface area contributed by atoms with Crippen molar-refractivity contribution in [1.82, 2.24) is 0 Å². The van der Waals surface area contributed by atoms with E-state index < -0.39 is 11.9 Å². The van der Waals surface area contributed by atoms with Crippen molar-refractivity contribution in [1.29, 1.82) is 0 Å². The highest BCUT2D eigenvalue weighted by Gasteiger charge is 2.10. The molecule has 0 saturated carbocycles. The van der Waals surface area contributed by atoms with Gasteiger partial charge in [-0.1, -0.05) is 12.1 Å². The second kappa shape index (κ2) is 8.10. The van der Waals surface area contributed by atoms with Crippen LogP contribution in [-0.2, 0) is 19.1 Å². The number of carbonyl (C=O) groups excluding carboxylic acids is 2. The van der Waals surface area contributed by atoms with E-state index in [4.69, 9.17) is 14.2 Å². The largest absolute Gasteiger partial charge is 0.493 e. The summed E-state index contributed by atoms with van der Waals surface area (Å²) in [5.74, 6) is -0.391. The predicted octanol–water partition coefficient (Wildman–Crippen LogP) is 1.18. The molecule has 104 valence electrons. The van der Waals surface area contributed by atoms with Crippen LogP contribution >= 0.6 is 0 Å². The lowest BCUT2D eigenvalue weighted by atomic mass is 10.3. The minimum absolute atomic E-state index is 0.272. The molecule has 0 aliphatic rings. The SMILES string of the molecule is CCOC(=O)COCC(=O)Oc1ccccc1OC. The molecule has 0 unspecified atom stereocenters. The van der Waals surface area contributed by atoms with Gasteiger partial charge in [-0.25, -0.2) is 9.59 Å². The number of carbonyl (C=O) groups is 2. The van der Waals surface area contributed by atoms with Crippen LogP contribution in [-0.4, -0.2) is 38.9 Å². The van der Waals surface area contributed by atoms with Gasteiger partial charge in [0.1, 0.15) is 13.2 Å². The van der Waals surface area contributed by atoms with Crippen LogP contribution in [0, 0.1) is 0 Å². The van der Waals surface area contributed by atoms with Crippen molar-refractivity contribution in [3.8, 4) is 11.5 Å². The quantitative estimate of drug-likeness (QED) is 0.546. The van der Waals surface area contributed by atoms with Gasteiger partial charge in [0.05, 0.1) is 13.7 Å². The summed E-state index contributed by atoms with van der Waals surface area (Å²) in [5.41, 5.74) is 0. The van der Waals surface area contributed by atoms with Gasteiger partial charge in [-0.2, -0.15) is 0 Å². The Morgan fingerprint density at radius 2 is 1.68 bits per heavy atom. The second-order valence-electron chi connectivity index (χ2n) is 3.42. The number of rotatable bonds is 7. The van der Waals surface area contributed by atoms with E-state index in [2.05, 4.69) is 4.74 Å². The first-order valence-electron chi connectivity index (χ1n) is 5.74. The molecule has 0 N–H and O–H groups in total. The van der Waals surface area contributed by atoms with Gasteiger partial charge in [0.15, 0.2) is 11.5 Å². The van der Waals surface area contributed by atoms with Crippen LogP contribution < -0.4 is 9.47 Å². The van der Waals surface area contributed by atoms with Crippen molar-refractivity contribution in [2.75, 3.05) is 26.9 Å². The van der Waals surface area contributed by atoms with Crippen LogP contribution in [0.3, 0.4) is 0 Å². The van der Waals surface area contributed by atoms with E-state index in [1.54, 1.807) is 31.2 Å². The molecule has 0 radical (unpaired) electrons. The van der Waals surface area contributed by atoms with Gasteiger partial charge in [0, 0.05) is 0 Å². The van der Waals surface area contributed by atoms with E-state index in [-0.39, 0.29) is 19.8 Å². The third-order valence-electron chi connectivity index (χ3n) is 2.04. The molecular weight excluding hydrogens is 252 g/mol. The monoisotopic (exact) mass is 268 g/mol. The maximum absolute atomic E-state index is 11.5. The third-order valence-corrected chi connectivity index (χ3v) is 2.04. The van der Waals surface area contributed by atoms with Crippen molar-refractivity contribution < 1.29 is 28.5 Å². The summed E-state index contributed by atoms with van der Waals surface area (Å²) in [6.45, 7) is 1.34. The molecule has 0 saturated heterocycles. The average Bonchev–Trinajstić information content (AvgIpc) is 2.39. The van der Waals surface area contributed by atoms with Crippen LogP contribution in [0.5, 0.6) is 11.5 Å². The first-order chi connectivity index (χ1) is 9.17. The summed E-state index contributed by atoms with van der Waals surface area (Å²) >= 11 is 0. The molecular formula is C13H16O6. The van der Waals surface area contributed by atoms with Crippen LogP contribution in [0.2, 0.25) is 0 Å². The summed E-state index contributed by atoms with van der Waals surface area (Å²) in [5, 5.41) is 0. The summed E-state index contributed by atoms with van der Waals surface area (Å²) in [4.78, 5) is 22.4. The molecule has 0 spiro atoms. The van der Waals surface area contributed by atoms with Crippen LogP contribution in [0.15, 0.2) is 24.3 Å². The fraction of sp³-hybridized carbons (Fsp3) is 0.385. The van der Waals surface area contributed by atoms with E-state index in [1.807, 2.05) is 0 Å². The molecule has 0 bridgehead atoms. The number of methoxy groups -OCH3 is 1. The van der Waals surface area contributed by atoms with Gasteiger partial charge < -0.3 is 18.9 Å². The fourth-order valence-electron chi connectivity index (χ4n) is 1.28. The smallest absolute Gasteiger partial charge is 0.337 e. The lowest BCUT2D eigenvalue weighted by Crippen LogP contribution is -2.20. The van der Waals surface area contributed by atoms with Gasteiger partial charge in [-0.15, -0.1) is 0 Å². The summed E-state index contributed by atoms with van der Waals surface area (Å²) in [6.07, 6.45) is 0. The molecule has 6 nitrogen and oxygen atoms in total. The molecule has 0 aromatic heterocycles. The number of benzene rings is 1. The number of esters is 2. The minimum Gasteiger partial charge on any atom is -0.493 e. The molecule has 19 heavy (non-hydrogen) atoms. The average molecular weight is 268 g/mol. The first kappa shape index (κ1) is 15.0. The molecule has 1 aromatic rings. The van der Waals surface area contributed by atoms with Crippen molar-refractivity contribution in [3.05, 3.63) is 24.3 Å². The molecule has 0 aliphatic carbocycles. The summed E-state index contributed by atoms with van der Waals surface area (Å²) in [7, 11) is 1.48. The Balaban J connectivity index is 2.37. The van der Waals surface area contributed by atoms with Crippen molar-refractivity contribution >= 4 is 11.9 Å². The van der Waals surface area contributed by atoms with E-state index in [0.717, 1.165) is 0 Å². The number of hydrogen-bond acceptors (Lipinski definition) is 6. The zero-order valence-electron chi connectivity index (χ0n) is 10.9. The normalized spacial score (nSPS) is 9.79. The Hall–Kier alpha value is -2.08. The molecule has 0 heterocycles. The van der Waals surface area contributed by atoms with Gasteiger partial charge in [0.25, 0.3) is 0 Å². The maximum atomic E-state index is 11.5. The van der Waals surface area contributed by atoms with E-state index in [0.29, 0.717) is 11.5 Å². The Kier molecular flexibility index (Phi) is 6.38. The van der Waals surface area contributed by atoms with E-state index >= 15 is 0 Å². The summed E-state index contributed by atoms with van der Waals surface area (Å²) in [6, 6.07) is 6.74. The fourth-order valence-corrected chi connectivity index (χ4v) is 1.28. The number of ether oxygens (including phenoxy) is 4. The number of hydrogen-bond donors (Lipinski definition) is 0. The zero-order valence-corrected chi connectivity index (χ0v) is 10.9.